The zero-order valence-electron chi connectivity index (χ0n) is 13.1. The molecule has 0 spiro atoms. The van der Waals surface area contributed by atoms with E-state index in [1.54, 1.807) is 11.8 Å². The summed E-state index contributed by atoms with van der Waals surface area (Å²) in [5.41, 5.74) is 3.77. The van der Waals surface area contributed by atoms with E-state index in [0.717, 1.165) is 17.1 Å². The molecule has 3 nitrogen and oxygen atoms in total. The van der Waals surface area contributed by atoms with Gasteiger partial charge in [0.05, 0.1) is 0 Å². The summed E-state index contributed by atoms with van der Waals surface area (Å²) in [6, 6.07) is 9.13. The highest BCUT2D eigenvalue weighted by atomic mass is 32.2. The van der Waals surface area contributed by atoms with Crippen molar-refractivity contribution in [1.82, 2.24) is 15.3 Å². The predicted octanol–water partition coefficient (Wildman–Crippen LogP) is 3.79. The van der Waals surface area contributed by atoms with Gasteiger partial charge >= 0.3 is 0 Å². The molecule has 2 atom stereocenters. The predicted molar refractivity (Wildman–Crippen MR) is 89.7 cm³/mol. The Balaban J connectivity index is 2.09. The summed E-state index contributed by atoms with van der Waals surface area (Å²) in [6.07, 6.45) is 4.81. The average molecular weight is 301 g/mol. The van der Waals surface area contributed by atoms with E-state index in [2.05, 4.69) is 53.4 Å². The van der Waals surface area contributed by atoms with Crippen LogP contribution in [0.2, 0.25) is 0 Å². The number of thioether (sulfide) groups is 1. The minimum Gasteiger partial charge on any atom is -0.312 e. The van der Waals surface area contributed by atoms with Crippen molar-refractivity contribution in [2.24, 2.45) is 0 Å². The summed E-state index contributed by atoms with van der Waals surface area (Å²) in [5, 5.41) is 4.59. The third-order valence-electron chi connectivity index (χ3n) is 3.58. The van der Waals surface area contributed by atoms with Gasteiger partial charge in [0, 0.05) is 23.7 Å². The van der Waals surface area contributed by atoms with Crippen LogP contribution in [0, 0.1) is 6.92 Å². The number of aromatic nitrogens is 2. The molecule has 2 unspecified atom stereocenters. The van der Waals surface area contributed by atoms with Crippen LogP contribution >= 0.6 is 11.8 Å². The Morgan fingerprint density at radius 2 is 1.76 bits per heavy atom. The first-order chi connectivity index (χ1) is 10.1. The van der Waals surface area contributed by atoms with Crippen molar-refractivity contribution in [3.63, 3.8) is 0 Å². The highest BCUT2D eigenvalue weighted by Crippen LogP contribution is 2.30. The van der Waals surface area contributed by atoms with Crippen molar-refractivity contribution >= 4 is 11.8 Å². The SMILES string of the molecule is CCc1ccc(C(NC)C(C)Sc2ncc(C)cn2)cc1. The number of nitrogens with zero attached hydrogens (tertiary/aromatic N) is 2. The van der Waals surface area contributed by atoms with E-state index in [-0.39, 0.29) is 6.04 Å². The normalized spacial score (nSPS) is 13.9. The minimum absolute atomic E-state index is 0.283. The molecular formula is C17H23N3S. The summed E-state index contributed by atoms with van der Waals surface area (Å²) in [7, 11) is 2.01. The Morgan fingerprint density at radius 1 is 1.14 bits per heavy atom. The van der Waals surface area contributed by atoms with Crippen LogP contribution in [0.3, 0.4) is 0 Å². The lowest BCUT2D eigenvalue weighted by Crippen LogP contribution is -2.25. The molecule has 0 aliphatic rings. The van der Waals surface area contributed by atoms with Crippen LogP contribution in [-0.2, 0) is 6.42 Å². The highest BCUT2D eigenvalue weighted by molar-refractivity contribution is 7.99. The topological polar surface area (TPSA) is 37.8 Å². The van der Waals surface area contributed by atoms with Crippen molar-refractivity contribution in [2.45, 2.75) is 43.6 Å². The Bertz CT molecular complexity index is 551. The number of aryl methyl sites for hydroxylation is 2. The van der Waals surface area contributed by atoms with Gasteiger partial charge in [-0.15, -0.1) is 0 Å². The Kier molecular flexibility index (Phi) is 5.76. The Morgan fingerprint density at radius 3 is 2.29 bits per heavy atom. The Labute approximate surface area is 131 Å². The Hall–Kier alpha value is -1.39. The number of nitrogens with one attached hydrogen (secondary N) is 1. The molecule has 21 heavy (non-hydrogen) atoms. The fourth-order valence-electron chi connectivity index (χ4n) is 2.31. The maximum Gasteiger partial charge on any atom is 0.187 e. The maximum atomic E-state index is 4.38. The maximum absolute atomic E-state index is 4.38. The molecule has 1 heterocycles. The van der Waals surface area contributed by atoms with Gasteiger partial charge in [-0.3, -0.25) is 0 Å². The number of rotatable bonds is 6. The summed E-state index contributed by atoms with van der Waals surface area (Å²) in [5.74, 6) is 0. The van der Waals surface area contributed by atoms with Gasteiger partial charge in [0.15, 0.2) is 5.16 Å². The molecule has 0 radical (unpaired) electrons. The monoisotopic (exact) mass is 301 g/mol. The minimum atomic E-state index is 0.283. The summed E-state index contributed by atoms with van der Waals surface area (Å²) < 4.78 is 0. The molecule has 0 saturated heterocycles. The molecule has 0 saturated carbocycles. The van der Waals surface area contributed by atoms with Gasteiger partial charge < -0.3 is 5.32 Å². The van der Waals surface area contributed by atoms with Gasteiger partial charge in [-0.1, -0.05) is 49.9 Å². The second kappa shape index (κ2) is 7.57. The second-order valence-corrected chi connectivity index (χ2v) is 6.57. The molecule has 0 amide bonds. The lowest BCUT2D eigenvalue weighted by atomic mass is 10.0. The first-order valence-corrected chi connectivity index (χ1v) is 8.23. The molecule has 1 aromatic carbocycles. The third kappa shape index (κ3) is 4.29. The molecule has 0 aliphatic carbocycles. The molecule has 112 valence electrons. The van der Waals surface area contributed by atoms with Gasteiger partial charge in [0.2, 0.25) is 0 Å². The van der Waals surface area contributed by atoms with E-state index >= 15 is 0 Å². The van der Waals surface area contributed by atoms with Gasteiger partial charge in [-0.2, -0.15) is 0 Å². The van der Waals surface area contributed by atoms with E-state index in [9.17, 15) is 0 Å². The average Bonchev–Trinajstić information content (AvgIpc) is 2.51. The molecule has 2 aromatic rings. The van der Waals surface area contributed by atoms with Crippen molar-refractivity contribution in [3.05, 3.63) is 53.3 Å². The number of benzene rings is 1. The van der Waals surface area contributed by atoms with E-state index in [0.29, 0.717) is 5.25 Å². The fourth-order valence-corrected chi connectivity index (χ4v) is 3.30. The quantitative estimate of drug-likeness (QED) is 0.651. The van der Waals surface area contributed by atoms with Crippen molar-refractivity contribution in [2.75, 3.05) is 7.05 Å². The number of hydrogen-bond acceptors (Lipinski definition) is 4. The van der Waals surface area contributed by atoms with Crippen LogP contribution in [0.5, 0.6) is 0 Å². The summed E-state index contributed by atoms with van der Waals surface area (Å²) >= 11 is 1.71. The molecule has 1 aromatic heterocycles. The van der Waals surface area contributed by atoms with E-state index in [1.165, 1.54) is 11.1 Å². The molecular weight excluding hydrogens is 278 g/mol. The smallest absolute Gasteiger partial charge is 0.187 e. The highest BCUT2D eigenvalue weighted by Gasteiger charge is 2.19. The van der Waals surface area contributed by atoms with E-state index < -0.39 is 0 Å². The van der Waals surface area contributed by atoms with Crippen LogP contribution < -0.4 is 5.32 Å². The van der Waals surface area contributed by atoms with E-state index in [1.807, 2.05) is 26.4 Å². The van der Waals surface area contributed by atoms with Crippen molar-refractivity contribution in [1.29, 1.82) is 0 Å². The van der Waals surface area contributed by atoms with Crippen LogP contribution in [0.25, 0.3) is 0 Å². The molecule has 1 N–H and O–H groups in total. The third-order valence-corrected chi connectivity index (χ3v) is 4.64. The molecule has 0 aliphatic heterocycles. The van der Waals surface area contributed by atoms with Gasteiger partial charge in [-0.25, -0.2) is 9.97 Å². The summed E-state index contributed by atoms with van der Waals surface area (Å²) in [4.78, 5) is 8.76. The van der Waals surface area contributed by atoms with Gasteiger partial charge in [-0.05, 0) is 37.1 Å². The van der Waals surface area contributed by atoms with Crippen molar-refractivity contribution < 1.29 is 0 Å². The van der Waals surface area contributed by atoms with Gasteiger partial charge in [0.25, 0.3) is 0 Å². The molecule has 0 bridgehead atoms. The van der Waals surface area contributed by atoms with Crippen LogP contribution in [0.1, 0.15) is 36.6 Å². The zero-order valence-corrected chi connectivity index (χ0v) is 13.9. The van der Waals surface area contributed by atoms with Crippen molar-refractivity contribution in [3.8, 4) is 0 Å². The lowest BCUT2D eigenvalue weighted by Gasteiger charge is -2.23. The largest absolute Gasteiger partial charge is 0.312 e. The van der Waals surface area contributed by atoms with Gasteiger partial charge in [0.1, 0.15) is 0 Å². The standard InChI is InChI=1S/C17H23N3S/c1-5-14-6-8-15(9-7-14)16(18-4)13(3)21-17-19-10-12(2)11-20-17/h6-11,13,16,18H,5H2,1-4H3. The summed E-state index contributed by atoms with van der Waals surface area (Å²) in [6.45, 7) is 6.39. The molecule has 2 rings (SSSR count). The van der Waals surface area contributed by atoms with Crippen LogP contribution in [0.15, 0.2) is 41.8 Å². The van der Waals surface area contributed by atoms with E-state index in [4.69, 9.17) is 0 Å². The van der Waals surface area contributed by atoms with Crippen LogP contribution in [-0.4, -0.2) is 22.3 Å². The zero-order chi connectivity index (χ0) is 15.2. The first kappa shape index (κ1) is 16.0. The fraction of sp³-hybridized carbons (Fsp3) is 0.412. The first-order valence-electron chi connectivity index (χ1n) is 7.35. The second-order valence-electron chi connectivity index (χ2n) is 5.23. The molecule has 0 fully saturated rings. The lowest BCUT2D eigenvalue weighted by molar-refractivity contribution is 0.588. The van der Waals surface area contributed by atoms with Crippen LogP contribution in [0.4, 0.5) is 0 Å². The molecule has 4 heteroatoms. The number of hydrogen-bond donors (Lipinski definition) is 1.